The van der Waals surface area contributed by atoms with Gasteiger partial charge in [-0.05, 0) is 35.7 Å². The van der Waals surface area contributed by atoms with E-state index in [4.69, 9.17) is 9.47 Å². The summed E-state index contributed by atoms with van der Waals surface area (Å²) in [5.41, 5.74) is 1.11. The molecule has 2 fully saturated rings. The molecule has 3 aromatic carbocycles. The fourth-order valence-corrected chi connectivity index (χ4v) is 6.06. The van der Waals surface area contributed by atoms with Crippen LogP contribution in [-0.4, -0.2) is 40.7 Å². The molecule has 0 aliphatic carbocycles. The van der Waals surface area contributed by atoms with Crippen LogP contribution in [0.5, 0.6) is 11.5 Å². The molecule has 0 spiro atoms. The molecule has 0 aromatic heterocycles. The van der Waals surface area contributed by atoms with Crippen molar-refractivity contribution < 1.29 is 14.4 Å². The van der Waals surface area contributed by atoms with Crippen molar-refractivity contribution in [3.8, 4) is 11.5 Å². The van der Waals surface area contributed by atoms with Crippen molar-refractivity contribution in [1.29, 1.82) is 0 Å². The molecule has 4 atom stereocenters. The van der Waals surface area contributed by atoms with Gasteiger partial charge in [0.2, 0.25) is 0 Å². The standard InChI is InChI=1S/C26H25N3O4/c1-32-20-13-14-22-21(17-20)24-26(29(30)31,25(33-22)19-11-6-3-7-12-19)23(18-9-4-2-5-10-18)27-15-8-16-28(24)27/h2-7,9-14,17,23-25H,8,15-16H2,1H3/t23-,24-,25+,26+/m0/s1. The number of methoxy groups -OCH3 is 1. The van der Waals surface area contributed by atoms with E-state index in [1.807, 2.05) is 78.9 Å². The molecule has 0 bridgehead atoms. The second-order valence-corrected chi connectivity index (χ2v) is 8.85. The highest BCUT2D eigenvalue weighted by molar-refractivity contribution is 5.49. The van der Waals surface area contributed by atoms with Gasteiger partial charge in [-0.3, -0.25) is 10.1 Å². The van der Waals surface area contributed by atoms with Gasteiger partial charge in [-0.15, -0.1) is 0 Å². The monoisotopic (exact) mass is 443 g/mol. The predicted octanol–water partition coefficient (Wildman–Crippen LogP) is 4.56. The van der Waals surface area contributed by atoms with Gasteiger partial charge in [0.1, 0.15) is 23.6 Å². The SMILES string of the molecule is COc1ccc2c(c1)[C@@H]1N3CCCN3[C@@H](c3ccccc3)[C@]1([N+](=O)[O-])[C@@H](c1ccccc1)O2. The third-order valence-corrected chi connectivity index (χ3v) is 7.29. The average molecular weight is 444 g/mol. The molecule has 0 N–H and O–H groups in total. The molecule has 0 radical (unpaired) electrons. The summed E-state index contributed by atoms with van der Waals surface area (Å²) in [6.07, 6.45) is 0.208. The zero-order chi connectivity index (χ0) is 22.6. The quantitative estimate of drug-likeness (QED) is 0.435. The molecule has 6 rings (SSSR count). The fourth-order valence-electron chi connectivity index (χ4n) is 6.06. The van der Waals surface area contributed by atoms with E-state index in [0.717, 1.165) is 36.2 Å². The number of hydrazine groups is 1. The Morgan fingerprint density at radius 1 is 0.939 bits per heavy atom. The van der Waals surface area contributed by atoms with E-state index in [0.29, 0.717) is 11.5 Å². The molecule has 33 heavy (non-hydrogen) atoms. The molecule has 3 aliphatic rings. The molecule has 7 nitrogen and oxygen atoms in total. The number of nitro groups is 1. The van der Waals surface area contributed by atoms with Crippen molar-refractivity contribution in [2.24, 2.45) is 0 Å². The van der Waals surface area contributed by atoms with E-state index in [1.54, 1.807) is 7.11 Å². The van der Waals surface area contributed by atoms with Gasteiger partial charge in [-0.2, -0.15) is 0 Å². The van der Waals surface area contributed by atoms with Crippen LogP contribution >= 0.6 is 0 Å². The Labute approximate surface area is 192 Å². The van der Waals surface area contributed by atoms with E-state index in [-0.39, 0.29) is 4.92 Å². The highest BCUT2D eigenvalue weighted by Gasteiger charge is 2.75. The van der Waals surface area contributed by atoms with Crippen LogP contribution in [0.1, 0.15) is 41.3 Å². The van der Waals surface area contributed by atoms with E-state index < -0.39 is 23.7 Å². The summed E-state index contributed by atoms with van der Waals surface area (Å²) < 4.78 is 12.1. The molecular weight excluding hydrogens is 418 g/mol. The lowest BCUT2D eigenvalue weighted by Gasteiger charge is -2.42. The zero-order valence-corrected chi connectivity index (χ0v) is 18.3. The third-order valence-electron chi connectivity index (χ3n) is 7.29. The van der Waals surface area contributed by atoms with Crippen LogP contribution in [0.15, 0.2) is 78.9 Å². The molecular formula is C26H25N3O4. The summed E-state index contributed by atoms with van der Waals surface area (Å²) in [6.45, 7) is 1.54. The Hall–Kier alpha value is -3.42. The summed E-state index contributed by atoms with van der Waals surface area (Å²) in [7, 11) is 1.61. The summed E-state index contributed by atoms with van der Waals surface area (Å²) in [4.78, 5) is 13.3. The maximum absolute atomic E-state index is 13.4. The van der Waals surface area contributed by atoms with Gasteiger partial charge in [0.05, 0.1) is 7.11 Å². The van der Waals surface area contributed by atoms with Gasteiger partial charge in [0, 0.05) is 23.6 Å². The Morgan fingerprint density at radius 3 is 2.21 bits per heavy atom. The first-order valence-electron chi connectivity index (χ1n) is 11.3. The lowest BCUT2D eigenvalue weighted by atomic mass is 9.70. The van der Waals surface area contributed by atoms with Crippen molar-refractivity contribution in [3.05, 3.63) is 106 Å². The minimum Gasteiger partial charge on any atom is -0.497 e. The van der Waals surface area contributed by atoms with Gasteiger partial charge < -0.3 is 9.47 Å². The first kappa shape index (κ1) is 20.2. The van der Waals surface area contributed by atoms with Crippen LogP contribution in [0.2, 0.25) is 0 Å². The topological polar surface area (TPSA) is 68.1 Å². The molecule has 168 valence electrons. The number of hydrogen-bond acceptors (Lipinski definition) is 6. The smallest absolute Gasteiger partial charge is 0.303 e. The van der Waals surface area contributed by atoms with Crippen molar-refractivity contribution in [3.63, 3.8) is 0 Å². The molecule has 3 aliphatic heterocycles. The maximum Gasteiger partial charge on any atom is 0.303 e. The van der Waals surface area contributed by atoms with Crippen LogP contribution in [0.3, 0.4) is 0 Å². The highest BCUT2D eigenvalue weighted by atomic mass is 16.6. The number of fused-ring (bicyclic) bond motifs is 5. The van der Waals surface area contributed by atoms with Crippen LogP contribution in [0.25, 0.3) is 0 Å². The number of hydrogen-bond donors (Lipinski definition) is 0. The number of rotatable bonds is 4. The Kier molecular flexibility index (Phi) is 4.64. The fraction of sp³-hybridized carbons (Fsp3) is 0.308. The normalized spacial score (nSPS) is 28.5. The second kappa shape index (κ2) is 7.57. The first-order chi connectivity index (χ1) is 16.2. The molecule has 0 amide bonds. The predicted molar refractivity (Wildman–Crippen MR) is 122 cm³/mol. The summed E-state index contributed by atoms with van der Waals surface area (Å²) in [6, 6.07) is 24.2. The molecule has 3 heterocycles. The first-order valence-corrected chi connectivity index (χ1v) is 11.3. The van der Waals surface area contributed by atoms with Gasteiger partial charge in [-0.25, -0.2) is 10.0 Å². The van der Waals surface area contributed by atoms with Gasteiger partial charge in [0.25, 0.3) is 0 Å². The molecule has 3 aromatic rings. The Bertz CT molecular complexity index is 1190. The zero-order valence-electron chi connectivity index (χ0n) is 18.3. The number of ether oxygens (including phenoxy) is 2. The van der Waals surface area contributed by atoms with Crippen LogP contribution in [0.4, 0.5) is 0 Å². The van der Waals surface area contributed by atoms with Crippen molar-refractivity contribution in [2.75, 3.05) is 20.2 Å². The van der Waals surface area contributed by atoms with Crippen LogP contribution in [0, 0.1) is 10.1 Å². The van der Waals surface area contributed by atoms with Crippen molar-refractivity contribution >= 4 is 0 Å². The van der Waals surface area contributed by atoms with Crippen molar-refractivity contribution in [1.82, 2.24) is 10.0 Å². The van der Waals surface area contributed by atoms with E-state index in [9.17, 15) is 10.1 Å². The van der Waals surface area contributed by atoms with Crippen LogP contribution < -0.4 is 9.47 Å². The Balaban J connectivity index is 1.67. The largest absolute Gasteiger partial charge is 0.497 e. The molecule has 0 saturated carbocycles. The van der Waals surface area contributed by atoms with Gasteiger partial charge in [0.15, 0.2) is 6.10 Å². The second-order valence-electron chi connectivity index (χ2n) is 8.85. The summed E-state index contributed by atoms with van der Waals surface area (Å²) in [5.74, 6) is 1.34. The molecule has 0 unspecified atom stereocenters. The third kappa shape index (κ3) is 2.76. The van der Waals surface area contributed by atoms with E-state index in [2.05, 4.69) is 10.0 Å². The summed E-state index contributed by atoms with van der Waals surface area (Å²) >= 11 is 0. The minimum absolute atomic E-state index is 0.0757. The number of nitrogens with zero attached hydrogens (tertiary/aromatic N) is 3. The molecule has 2 saturated heterocycles. The Morgan fingerprint density at radius 2 is 1.58 bits per heavy atom. The van der Waals surface area contributed by atoms with E-state index in [1.165, 1.54) is 0 Å². The number of benzene rings is 3. The lowest BCUT2D eigenvalue weighted by molar-refractivity contribution is -0.594. The summed E-state index contributed by atoms with van der Waals surface area (Å²) in [5, 5.41) is 17.8. The highest BCUT2D eigenvalue weighted by Crippen LogP contribution is 2.64. The van der Waals surface area contributed by atoms with Crippen LogP contribution in [-0.2, 0) is 0 Å². The molecule has 7 heteroatoms. The van der Waals surface area contributed by atoms with Gasteiger partial charge >= 0.3 is 5.54 Å². The minimum atomic E-state index is -1.44. The van der Waals surface area contributed by atoms with Crippen molar-refractivity contribution in [2.45, 2.75) is 30.1 Å². The van der Waals surface area contributed by atoms with E-state index >= 15 is 0 Å². The lowest BCUT2D eigenvalue weighted by Crippen LogP contribution is -2.56. The van der Waals surface area contributed by atoms with Gasteiger partial charge in [-0.1, -0.05) is 60.7 Å². The maximum atomic E-state index is 13.4. The average Bonchev–Trinajstić information content (AvgIpc) is 3.43.